The highest BCUT2D eigenvalue weighted by Gasteiger charge is 2.36. The zero-order chi connectivity index (χ0) is 13.1. The molecule has 1 N–H and O–H groups in total. The number of unbranched alkanes of at least 4 members (excludes halogenated alkanes) is 1. The highest BCUT2D eigenvalue weighted by molar-refractivity contribution is 5.67. The molecule has 1 atom stereocenters. The summed E-state index contributed by atoms with van der Waals surface area (Å²) in [5.74, 6) is 1.88. The third kappa shape index (κ3) is 2.47. The molecular formula is C16H21NO2. The van der Waals surface area contributed by atoms with E-state index in [-0.39, 0.29) is 5.60 Å². The Kier molecular flexibility index (Phi) is 3.47. The number of benzene rings is 1. The lowest BCUT2D eigenvalue weighted by Gasteiger charge is -2.31. The van der Waals surface area contributed by atoms with Crippen molar-refractivity contribution < 1.29 is 9.47 Å². The first-order chi connectivity index (χ1) is 9.33. The Hall–Kier alpha value is -1.48. The van der Waals surface area contributed by atoms with Gasteiger partial charge in [0.15, 0.2) is 0 Å². The van der Waals surface area contributed by atoms with Crippen LogP contribution in [-0.2, 0) is 0 Å². The van der Waals surface area contributed by atoms with E-state index in [2.05, 4.69) is 24.4 Å². The molecule has 0 saturated carbocycles. The van der Waals surface area contributed by atoms with E-state index in [1.165, 1.54) is 0 Å². The quantitative estimate of drug-likeness (QED) is 0.843. The van der Waals surface area contributed by atoms with Gasteiger partial charge in [-0.05, 0) is 37.3 Å². The molecule has 1 fully saturated rings. The highest BCUT2D eigenvalue weighted by atomic mass is 16.5. The van der Waals surface area contributed by atoms with Crippen LogP contribution in [0.2, 0.25) is 0 Å². The van der Waals surface area contributed by atoms with Crippen LogP contribution in [-0.4, -0.2) is 25.3 Å². The maximum Gasteiger partial charge on any atom is 0.141 e. The van der Waals surface area contributed by atoms with Crippen molar-refractivity contribution >= 4 is 6.08 Å². The fourth-order valence-corrected chi connectivity index (χ4v) is 2.64. The first-order valence-electron chi connectivity index (χ1n) is 7.18. The molecule has 2 heterocycles. The summed E-state index contributed by atoms with van der Waals surface area (Å²) in [5, 5.41) is 3.36. The summed E-state index contributed by atoms with van der Waals surface area (Å²) in [4.78, 5) is 0. The van der Waals surface area contributed by atoms with Gasteiger partial charge in [0, 0.05) is 13.0 Å². The Labute approximate surface area is 114 Å². The van der Waals surface area contributed by atoms with Crippen LogP contribution in [0.15, 0.2) is 24.3 Å². The molecule has 3 nitrogen and oxygen atoms in total. The van der Waals surface area contributed by atoms with Gasteiger partial charge < -0.3 is 14.8 Å². The fourth-order valence-electron chi connectivity index (χ4n) is 2.64. The lowest BCUT2D eigenvalue weighted by atomic mass is 9.97. The molecular weight excluding hydrogens is 238 g/mol. The molecule has 2 aliphatic rings. The minimum atomic E-state index is -0.144. The monoisotopic (exact) mass is 259 g/mol. The predicted octanol–water partition coefficient (Wildman–Crippen LogP) is 3.00. The fraction of sp³-hybridized carbons (Fsp3) is 0.500. The van der Waals surface area contributed by atoms with Crippen molar-refractivity contribution in [1.82, 2.24) is 5.32 Å². The molecule has 2 aliphatic heterocycles. The second-order valence-electron chi connectivity index (χ2n) is 5.30. The standard InChI is InChI=1S/C16H21NO2/c1-2-3-11-18-14-5-4-6-15-13(14)7-8-16(19-15)9-10-17-12-16/h4-8,17H,2-3,9-12H2,1H3. The van der Waals surface area contributed by atoms with Gasteiger partial charge in [-0.15, -0.1) is 0 Å². The average Bonchev–Trinajstić information content (AvgIpc) is 2.87. The molecule has 0 aliphatic carbocycles. The molecule has 0 aromatic heterocycles. The third-order valence-corrected chi connectivity index (χ3v) is 3.80. The van der Waals surface area contributed by atoms with Crippen LogP contribution in [0.3, 0.4) is 0 Å². The minimum Gasteiger partial charge on any atom is -0.493 e. The molecule has 19 heavy (non-hydrogen) atoms. The van der Waals surface area contributed by atoms with Crippen molar-refractivity contribution in [2.75, 3.05) is 19.7 Å². The molecule has 3 rings (SSSR count). The molecule has 1 unspecified atom stereocenters. The maximum absolute atomic E-state index is 6.20. The first-order valence-corrected chi connectivity index (χ1v) is 7.18. The molecule has 3 heteroatoms. The smallest absolute Gasteiger partial charge is 0.141 e. The first kappa shape index (κ1) is 12.5. The van der Waals surface area contributed by atoms with Crippen LogP contribution in [0.4, 0.5) is 0 Å². The Morgan fingerprint density at radius 3 is 3.16 bits per heavy atom. The zero-order valence-corrected chi connectivity index (χ0v) is 11.4. The van der Waals surface area contributed by atoms with Gasteiger partial charge >= 0.3 is 0 Å². The van der Waals surface area contributed by atoms with Gasteiger partial charge in [-0.1, -0.05) is 19.4 Å². The highest BCUT2D eigenvalue weighted by Crippen LogP contribution is 2.38. The number of hydrogen-bond donors (Lipinski definition) is 1. The number of ether oxygens (including phenoxy) is 2. The van der Waals surface area contributed by atoms with Gasteiger partial charge in [0.25, 0.3) is 0 Å². The van der Waals surface area contributed by atoms with E-state index in [1.807, 2.05) is 18.2 Å². The summed E-state index contributed by atoms with van der Waals surface area (Å²) < 4.78 is 12.0. The lowest BCUT2D eigenvalue weighted by molar-refractivity contribution is 0.138. The Balaban J connectivity index is 1.81. The number of hydrogen-bond acceptors (Lipinski definition) is 3. The van der Waals surface area contributed by atoms with E-state index in [1.54, 1.807) is 0 Å². The number of fused-ring (bicyclic) bond motifs is 1. The number of rotatable bonds is 4. The molecule has 1 aromatic carbocycles. The molecule has 1 spiro atoms. The predicted molar refractivity (Wildman–Crippen MR) is 76.7 cm³/mol. The van der Waals surface area contributed by atoms with E-state index in [4.69, 9.17) is 9.47 Å². The second kappa shape index (κ2) is 5.25. The summed E-state index contributed by atoms with van der Waals surface area (Å²) >= 11 is 0. The SMILES string of the molecule is CCCCOc1cccc2c1C=CC1(CCNC1)O2. The van der Waals surface area contributed by atoms with Crippen LogP contribution < -0.4 is 14.8 Å². The van der Waals surface area contributed by atoms with Crippen molar-refractivity contribution in [3.05, 3.63) is 29.8 Å². The van der Waals surface area contributed by atoms with E-state index in [0.717, 1.165) is 56.0 Å². The van der Waals surface area contributed by atoms with Gasteiger partial charge in [0.2, 0.25) is 0 Å². The van der Waals surface area contributed by atoms with E-state index in [9.17, 15) is 0 Å². The Bertz CT molecular complexity index is 476. The lowest BCUT2D eigenvalue weighted by Crippen LogP contribution is -2.37. The van der Waals surface area contributed by atoms with Crippen molar-refractivity contribution in [3.8, 4) is 11.5 Å². The molecule has 0 bridgehead atoms. The van der Waals surface area contributed by atoms with Gasteiger partial charge in [0.05, 0.1) is 12.2 Å². The molecule has 102 valence electrons. The summed E-state index contributed by atoms with van der Waals surface area (Å²) in [6, 6.07) is 6.06. The summed E-state index contributed by atoms with van der Waals surface area (Å²) in [5.41, 5.74) is 0.936. The van der Waals surface area contributed by atoms with Gasteiger partial charge in [-0.2, -0.15) is 0 Å². The van der Waals surface area contributed by atoms with Gasteiger partial charge in [-0.3, -0.25) is 0 Å². The van der Waals surface area contributed by atoms with Crippen molar-refractivity contribution in [1.29, 1.82) is 0 Å². The molecule has 1 saturated heterocycles. The minimum absolute atomic E-state index is 0.144. The van der Waals surface area contributed by atoms with Gasteiger partial charge in [0.1, 0.15) is 17.1 Å². The second-order valence-corrected chi connectivity index (χ2v) is 5.30. The molecule has 1 aromatic rings. The largest absolute Gasteiger partial charge is 0.493 e. The van der Waals surface area contributed by atoms with E-state index >= 15 is 0 Å². The molecule has 0 radical (unpaired) electrons. The zero-order valence-electron chi connectivity index (χ0n) is 11.4. The van der Waals surface area contributed by atoms with Crippen molar-refractivity contribution in [2.24, 2.45) is 0 Å². The van der Waals surface area contributed by atoms with Crippen LogP contribution in [0, 0.1) is 0 Å². The van der Waals surface area contributed by atoms with Crippen molar-refractivity contribution in [3.63, 3.8) is 0 Å². The maximum atomic E-state index is 6.20. The average molecular weight is 259 g/mol. The van der Waals surface area contributed by atoms with Crippen LogP contribution in [0.25, 0.3) is 6.08 Å². The summed E-state index contributed by atoms with van der Waals surface area (Å²) in [6.07, 6.45) is 7.61. The van der Waals surface area contributed by atoms with Crippen LogP contribution >= 0.6 is 0 Å². The Morgan fingerprint density at radius 1 is 1.42 bits per heavy atom. The summed E-state index contributed by atoms with van der Waals surface area (Å²) in [6.45, 7) is 4.85. The van der Waals surface area contributed by atoms with E-state index < -0.39 is 0 Å². The third-order valence-electron chi connectivity index (χ3n) is 3.80. The molecule has 0 amide bonds. The van der Waals surface area contributed by atoms with E-state index in [0.29, 0.717) is 0 Å². The van der Waals surface area contributed by atoms with Crippen LogP contribution in [0.1, 0.15) is 31.7 Å². The topological polar surface area (TPSA) is 30.5 Å². The Morgan fingerprint density at radius 2 is 2.37 bits per heavy atom. The van der Waals surface area contributed by atoms with Gasteiger partial charge in [-0.25, -0.2) is 0 Å². The summed E-state index contributed by atoms with van der Waals surface area (Å²) in [7, 11) is 0. The van der Waals surface area contributed by atoms with Crippen LogP contribution in [0.5, 0.6) is 11.5 Å². The normalized spacial score (nSPS) is 24.3. The number of nitrogens with one attached hydrogen (secondary N) is 1. The van der Waals surface area contributed by atoms with Crippen molar-refractivity contribution in [2.45, 2.75) is 31.8 Å².